The normalized spacial score (nSPS) is 21.8. The first-order valence-corrected chi connectivity index (χ1v) is 12.1. The zero-order valence-electron chi connectivity index (χ0n) is 18.6. The zero-order chi connectivity index (χ0) is 21.2. The van der Waals surface area contributed by atoms with E-state index in [-0.39, 0.29) is 5.78 Å². The van der Waals surface area contributed by atoms with Crippen LogP contribution >= 0.6 is 0 Å². The highest BCUT2D eigenvalue weighted by Gasteiger charge is 2.32. The van der Waals surface area contributed by atoms with Gasteiger partial charge in [0.2, 0.25) is 0 Å². The van der Waals surface area contributed by atoms with Gasteiger partial charge in [0, 0.05) is 28.1 Å². The summed E-state index contributed by atoms with van der Waals surface area (Å²) in [5, 5.41) is 1.13. The molecule has 2 aliphatic heterocycles. The van der Waals surface area contributed by atoms with E-state index in [9.17, 15) is 4.79 Å². The van der Waals surface area contributed by atoms with Crippen LogP contribution in [0.15, 0.2) is 53.1 Å². The summed E-state index contributed by atoms with van der Waals surface area (Å²) in [4.78, 5) is 16.1. The minimum absolute atomic E-state index is 0.128. The monoisotopic (exact) mass is 415 g/mol. The Morgan fingerprint density at radius 2 is 2.00 bits per heavy atom. The molecular weight excluding hydrogens is 382 g/mol. The third-order valence-corrected chi connectivity index (χ3v) is 7.44. The highest BCUT2D eigenvalue weighted by atomic mass is 16.3. The number of furan rings is 1. The molecule has 2 aromatic carbocycles. The maximum Gasteiger partial charge on any atom is 0.193 e. The van der Waals surface area contributed by atoms with Gasteiger partial charge in [0.15, 0.2) is 5.78 Å². The number of aryl methyl sites for hydroxylation is 1. The van der Waals surface area contributed by atoms with Gasteiger partial charge in [-0.3, -0.25) is 4.79 Å². The summed E-state index contributed by atoms with van der Waals surface area (Å²) in [6.45, 7) is 4.64. The number of benzene rings is 2. The molecule has 1 aromatic heterocycles. The fraction of sp³-hybridized carbons (Fsp3) is 0.464. The van der Waals surface area contributed by atoms with Crippen LogP contribution in [0.25, 0.3) is 11.0 Å². The molecule has 162 valence electrons. The second-order valence-corrected chi connectivity index (χ2v) is 9.40. The molecule has 0 spiro atoms. The Bertz CT molecular complexity index is 1070. The van der Waals surface area contributed by atoms with Crippen molar-refractivity contribution in [1.82, 2.24) is 4.90 Å². The largest absolute Gasteiger partial charge is 0.464 e. The summed E-state index contributed by atoms with van der Waals surface area (Å²) in [5.41, 5.74) is 4.97. The van der Waals surface area contributed by atoms with E-state index in [1.807, 2.05) is 36.6 Å². The van der Waals surface area contributed by atoms with E-state index in [1.165, 1.54) is 50.8 Å². The van der Waals surface area contributed by atoms with Crippen LogP contribution in [-0.2, 0) is 6.42 Å². The van der Waals surface area contributed by atoms with Gasteiger partial charge in [-0.2, -0.15) is 0 Å². The van der Waals surface area contributed by atoms with Crippen LogP contribution < -0.4 is 0 Å². The van der Waals surface area contributed by atoms with Crippen LogP contribution in [-0.4, -0.2) is 29.8 Å². The van der Waals surface area contributed by atoms with Gasteiger partial charge in [0.05, 0.1) is 6.26 Å². The van der Waals surface area contributed by atoms with Crippen LogP contribution in [0.4, 0.5) is 0 Å². The van der Waals surface area contributed by atoms with E-state index in [2.05, 4.69) is 24.0 Å². The number of hydrogen-bond acceptors (Lipinski definition) is 3. The molecular formula is C28H33NO2. The van der Waals surface area contributed by atoms with Crippen LogP contribution in [0.5, 0.6) is 0 Å². The van der Waals surface area contributed by atoms with E-state index in [4.69, 9.17) is 4.42 Å². The first-order chi connectivity index (χ1) is 15.2. The molecule has 3 heterocycles. The van der Waals surface area contributed by atoms with Gasteiger partial charge in [0.1, 0.15) is 5.58 Å². The van der Waals surface area contributed by atoms with E-state index in [0.29, 0.717) is 12.0 Å². The molecule has 0 bridgehead atoms. The lowest BCUT2D eigenvalue weighted by Gasteiger charge is -2.42. The molecule has 2 aliphatic rings. The summed E-state index contributed by atoms with van der Waals surface area (Å²) in [6, 6.07) is 14.8. The molecule has 2 fully saturated rings. The summed E-state index contributed by atoms with van der Waals surface area (Å²) < 4.78 is 5.93. The average Bonchev–Trinajstić information content (AvgIpc) is 3.25. The highest BCUT2D eigenvalue weighted by molar-refractivity contribution is 6.11. The van der Waals surface area contributed by atoms with Gasteiger partial charge >= 0.3 is 0 Å². The average molecular weight is 416 g/mol. The lowest BCUT2D eigenvalue weighted by Crippen LogP contribution is -2.44. The SMILES string of the molecule is CCCCc1ccccc1C(=O)c1ccc2occ(C3CCN4CCCCC4C3)c2c1. The first kappa shape index (κ1) is 20.5. The molecule has 0 N–H and O–H groups in total. The van der Waals surface area contributed by atoms with Gasteiger partial charge in [-0.1, -0.05) is 44.0 Å². The Labute approximate surface area is 185 Å². The number of nitrogens with zero attached hydrogens (tertiary/aromatic N) is 1. The fourth-order valence-corrected chi connectivity index (χ4v) is 5.66. The minimum atomic E-state index is 0.128. The van der Waals surface area contributed by atoms with Crippen LogP contribution in [0.2, 0.25) is 0 Å². The Morgan fingerprint density at radius 3 is 2.90 bits per heavy atom. The lowest BCUT2D eigenvalue weighted by molar-refractivity contribution is 0.0975. The molecule has 0 radical (unpaired) electrons. The second-order valence-electron chi connectivity index (χ2n) is 9.40. The van der Waals surface area contributed by atoms with Crippen LogP contribution in [0.1, 0.15) is 84.8 Å². The third-order valence-electron chi connectivity index (χ3n) is 7.44. The van der Waals surface area contributed by atoms with E-state index >= 15 is 0 Å². The smallest absolute Gasteiger partial charge is 0.193 e. The Balaban J connectivity index is 1.44. The summed E-state index contributed by atoms with van der Waals surface area (Å²) in [5.74, 6) is 0.658. The van der Waals surface area contributed by atoms with Crippen LogP contribution in [0.3, 0.4) is 0 Å². The zero-order valence-corrected chi connectivity index (χ0v) is 18.6. The van der Waals surface area contributed by atoms with Crippen molar-refractivity contribution in [3.8, 4) is 0 Å². The molecule has 0 aliphatic carbocycles. The first-order valence-electron chi connectivity index (χ1n) is 12.1. The minimum Gasteiger partial charge on any atom is -0.464 e. The van der Waals surface area contributed by atoms with Crippen molar-refractivity contribution in [3.63, 3.8) is 0 Å². The molecule has 3 aromatic rings. The number of ketones is 1. The number of carbonyl (C=O) groups is 1. The van der Waals surface area contributed by atoms with Crippen LogP contribution in [0, 0.1) is 0 Å². The molecule has 31 heavy (non-hydrogen) atoms. The number of rotatable bonds is 6. The fourth-order valence-electron chi connectivity index (χ4n) is 5.66. The van der Waals surface area contributed by atoms with Gasteiger partial charge in [-0.15, -0.1) is 0 Å². The molecule has 2 atom stereocenters. The van der Waals surface area contributed by atoms with E-state index in [1.54, 1.807) is 0 Å². The van der Waals surface area contributed by atoms with Crippen molar-refractivity contribution in [1.29, 1.82) is 0 Å². The summed E-state index contributed by atoms with van der Waals surface area (Å²) in [6.07, 6.45) is 11.6. The number of carbonyl (C=O) groups excluding carboxylic acids is 1. The van der Waals surface area contributed by atoms with Crippen molar-refractivity contribution < 1.29 is 9.21 Å². The second kappa shape index (κ2) is 9.00. The third kappa shape index (κ3) is 4.08. The highest BCUT2D eigenvalue weighted by Crippen LogP contribution is 2.39. The molecule has 3 heteroatoms. The van der Waals surface area contributed by atoms with Gasteiger partial charge < -0.3 is 9.32 Å². The molecule has 0 saturated carbocycles. The molecule has 2 unspecified atom stereocenters. The van der Waals surface area contributed by atoms with Crippen molar-refractivity contribution in [3.05, 3.63) is 71.0 Å². The van der Waals surface area contributed by atoms with Crippen molar-refractivity contribution in [2.45, 2.75) is 70.3 Å². The number of unbranched alkanes of at least 4 members (excludes halogenated alkanes) is 1. The Morgan fingerprint density at radius 1 is 1.10 bits per heavy atom. The molecule has 5 rings (SSSR count). The summed E-state index contributed by atoms with van der Waals surface area (Å²) >= 11 is 0. The standard InChI is InChI=1S/C28H33NO2/c1-2-3-8-20-9-4-5-11-24(20)28(30)22-12-13-27-25(18-22)26(19-31-27)21-14-16-29-15-7-6-10-23(29)17-21/h4-5,9,11-13,18-19,21,23H,2-3,6-8,10,14-17H2,1H3. The van der Waals surface area contributed by atoms with Gasteiger partial charge in [-0.25, -0.2) is 0 Å². The van der Waals surface area contributed by atoms with Crippen molar-refractivity contribution in [2.75, 3.05) is 13.1 Å². The number of hydrogen-bond donors (Lipinski definition) is 0. The maximum absolute atomic E-state index is 13.4. The topological polar surface area (TPSA) is 33.5 Å². The Kier molecular flexibility index (Phi) is 5.95. The quantitative estimate of drug-likeness (QED) is 0.418. The Hall–Kier alpha value is -2.39. The maximum atomic E-state index is 13.4. The predicted molar refractivity (Wildman–Crippen MR) is 126 cm³/mol. The number of piperidine rings is 2. The molecule has 2 saturated heterocycles. The number of fused-ring (bicyclic) bond motifs is 2. The lowest BCUT2D eigenvalue weighted by atomic mass is 9.82. The van der Waals surface area contributed by atoms with Crippen molar-refractivity contribution >= 4 is 16.8 Å². The van der Waals surface area contributed by atoms with Gasteiger partial charge in [0.25, 0.3) is 0 Å². The predicted octanol–water partition coefficient (Wildman–Crippen LogP) is 6.74. The summed E-state index contributed by atoms with van der Waals surface area (Å²) in [7, 11) is 0. The molecule has 0 amide bonds. The van der Waals surface area contributed by atoms with Gasteiger partial charge in [-0.05, 0) is 81.3 Å². The van der Waals surface area contributed by atoms with E-state index in [0.717, 1.165) is 46.9 Å². The van der Waals surface area contributed by atoms with E-state index < -0.39 is 0 Å². The molecule has 3 nitrogen and oxygen atoms in total. The van der Waals surface area contributed by atoms with Crippen molar-refractivity contribution in [2.24, 2.45) is 0 Å².